The summed E-state index contributed by atoms with van der Waals surface area (Å²) in [5.74, 6) is 0.699. The summed E-state index contributed by atoms with van der Waals surface area (Å²) in [6, 6.07) is 20.5. The van der Waals surface area contributed by atoms with Crippen molar-refractivity contribution in [2.45, 2.75) is 91.1 Å². The maximum atomic E-state index is 13.3. The Bertz CT molecular complexity index is 1530. The SMILES string of the molecule is CC(C)c1nc(CN(C)C(=O)NC(CNC(Cc2ccccc2)CC(C)C(Cc2ccccc2)NC(=O)OCc2cncs2)C(C)C)cs1. The zero-order valence-electron chi connectivity index (χ0n) is 29.6. The third-order valence-corrected chi connectivity index (χ3v) is 10.6. The smallest absolute Gasteiger partial charge is 0.407 e. The van der Waals surface area contributed by atoms with E-state index >= 15 is 0 Å². The lowest BCUT2D eigenvalue weighted by Crippen LogP contribution is -2.51. The first-order valence-electron chi connectivity index (χ1n) is 17.1. The minimum atomic E-state index is -0.432. The Hall–Kier alpha value is -3.80. The molecule has 264 valence electrons. The molecule has 0 radical (unpaired) electrons. The third-order valence-electron chi connectivity index (χ3n) is 8.65. The molecule has 3 N–H and O–H groups in total. The molecule has 0 saturated heterocycles. The molecule has 49 heavy (non-hydrogen) atoms. The van der Waals surface area contributed by atoms with Crippen molar-refractivity contribution in [1.29, 1.82) is 0 Å². The van der Waals surface area contributed by atoms with E-state index in [-0.39, 0.29) is 42.6 Å². The standard InChI is InChI=1S/C38H52N6O3S2/c1-26(2)35(42-37(45)44(6)22-32-24-48-36(41-32)27(3)4)21-40-31(18-29-13-9-7-10-14-29)17-28(5)34(19-30-15-11-8-12-16-30)43-38(46)47-23-33-20-39-25-49-33/h7-16,20,24-28,31,34-35,40H,17-19,21-23H2,1-6H3,(H,42,45)(H,43,46). The molecule has 2 aromatic carbocycles. The molecule has 0 bridgehead atoms. The van der Waals surface area contributed by atoms with Gasteiger partial charge in [0.1, 0.15) is 6.61 Å². The number of rotatable bonds is 18. The van der Waals surface area contributed by atoms with E-state index < -0.39 is 6.09 Å². The van der Waals surface area contributed by atoms with E-state index in [1.54, 1.807) is 27.9 Å². The number of alkyl carbamates (subject to hydrolysis) is 1. The van der Waals surface area contributed by atoms with E-state index in [0.29, 0.717) is 25.4 Å². The largest absolute Gasteiger partial charge is 0.444 e. The molecule has 0 fully saturated rings. The molecule has 0 aliphatic rings. The molecule has 4 aromatic rings. The lowest BCUT2D eigenvalue weighted by molar-refractivity contribution is 0.132. The van der Waals surface area contributed by atoms with Gasteiger partial charge in [0.25, 0.3) is 0 Å². The Kier molecular flexibility index (Phi) is 15.1. The second kappa shape index (κ2) is 19.4. The normalized spacial score (nSPS) is 13.9. The van der Waals surface area contributed by atoms with Crippen molar-refractivity contribution < 1.29 is 14.3 Å². The molecule has 2 heterocycles. The average molecular weight is 705 g/mol. The van der Waals surface area contributed by atoms with E-state index in [0.717, 1.165) is 34.0 Å². The number of nitrogens with one attached hydrogen (secondary N) is 3. The predicted octanol–water partition coefficient (Wildman–Crippen LogP) is 7.65. The Morgan fingerprint density at radius 2 is 1.55 bits per heavy atom. The number of hydrogen-bond acceptors (Lipinski definition) is 8. The van der Waals surface area contributed by atoms with E-state index in [1.807, 2.05) is 36.7 Å². The van der Waals surface area contributed by atoms with Crippen LogP contribution < -0.4 is 16.0 Å². The lowest BCUT2D eigenvalue weighted by Gasteiger charge is -2.31. The molecule has 4 atom stereocenters. The van der Waals surface area contributed by atoms with Crippen molar-refractivity contribution in [3.8, 4) is 0 Å². The molecule has 3 amide bonds. The van der Waals surface area contributed by atoms with Gasteiger partial charge >= 0.3 is 12.1 Å². The summed E-state index contributed by atoms with van der Waals surface area (Å²) in [6.45, 7) is 12.0. The van der Waals surface area contributed by atoms with E-state index in [4.69, 9.17) is 9.72 Å². The van der Waals surface area contributed by atoms with Crippen molar-refractivity contribution in [2.24, 2.45) is 11.8 Å². The van der Waals surface area contributed by atoms with Gasteiger partial charge in [-0.15, -0.1) is 22.7 Å². The number of amides is 3. The van der Waals surface area contributed by atoms with Crippen molar-refractivity contribution in [3.05, 3.63) is 104 Å². The van der Waals surface area contributed by atoms with Gasteiger partial charge in [0, 0.05) is 49.2 Å². The van der Waals surface area contributed by atoms with Gasteiger partial charge in [-0.1, -0.05) is 95.3 Å². The first-order valence-corrected chi connectivity index (χ1v) is 18.9. The van der Waals surface area contributed by atoms with E-state index in [9.17, 15) is 9.59 Å². The van der Waals surface area contributed by atoms with Crippen LogP contribution in [0.15, 0.2) is 77.8 Å². The van der Waals surface area contributed by atoms with Gasteiger partial charge in [-0.3, -0.25) is 4.98 Å². The minimum absolute atomic E-state index is 0.0786. The van der Waals surface area contributed by atoms with Gasteiger partial charge in [0.05, 0.1) is 27.6 Å². The topological polar surface area (TPSA) is 108 Å². The maximum absolute atomic E-state index is 13.3. The van der Waals surface area contributed by atoms with Gasteiger partial charge in [0.2, 0.25) is 0 Å². The number of urea groups is 1. The molecule has 0 aliphatic heterocycles. The summed E-state index contributed by atoms with van der Waals surface area (Å²) in [7, 11) is 1.82. The highest BCUT2D eigenvalue weighted by atomic mass is 32.1. The highest BCUT2D eigenvalue weighted by Crippen LogP contribution is 2.21. The second-order valence-electron chi connectivity index (χ2n) is 13.5. The van der Waals surface area contributed by atoms with Crippen LogP contribution in [0, 0.1) is 11.8 Å². The first-order chi connectivity index (χ1) is 23.6. The van der Waals surface area contributed by atoms with Gasteiger partial charge in [0.15, 0.2) is 0 Å². The van der Waals surface area contributed by atoms with Gasteiger partial charge in [-0.25, -0.2) is 14.6 Å². The Morgan fingerprint density at radius 1 is 0.878 bits per heavy atom. The minimum Gasteiger partial charge on any atom is -0.444 e. The van der Waals surface area contributed by atoms with Crippen LogP contribution in [0.25, 0.3) is 0 Å². The number of thiazole rings is 2. The van der Waals surface area contributed by atoms with Crippen LogP contribution in [0.5, 0.6) is 0 Å². The van der Waals surface area contributed by atoms with Crippen molar-refractivity contribution in [3.63, 3.8) is 0 Å². The third kappa shape index (κ3) is 12.9. The van der Waals surface area contributed by atoms with Crippen LogP contribution in [0.4, 0.5) is 9.59 Å². The van der Waals surface area contributed by atoms with Crippen LogP contribution in [-0.2, 0) is 30.7 Å². The highest BCUT2D eigenvalue weighted by Gasteiger charge is 2.26. The van der Waals surface area contributed by atoms with Crippen molar-refractivity contribution in [1.82, 2.24) is 30.8 Å². The molecular weight excluding hydrogens is 653 g/mol. The fraction of sp³-hybridized carbons (Fsp3) is 0.474. The van der Waals surface area contributed by atoms with Gasteiger partial charge in [-0.2, -0.15) is 0 Å². The Morgan fingerprint density at radius 3 is 2.14 bits per heavy atom. The molecule has 4 rings (SSSR count). The van der Waals surface area contributed by atoms with Crippen LogP contribution >= 0.6 is 22.7 Å². The second-order valence-corrected chi connectivity index (χ2v) is 15.3. The molecule has 0 saturated carbocycles. The zero-order valence-corrected chi connectivity index (χ0v) is 31.2. The summed E-state index contributed by atoms with van der Waals surface area (Å²) in [5.41, 5.74) is 5.03. The Balaban J connectivity index is 1.42. The van der Waals surface area contributed by atoms with Crippen LogP contribution in [0.1, 0.15) is 73.7 Å². The van der Waals surface area contributed by atoms with Crippen molar-refractivity contribution in [2.75, 3.05) is 13.6 Å². The number of carbonyl (C=O) groups excluding carboxylic acids is 2. The quantitative estimate of drug-likeness (QED) is 0.0982. The lowest BCUT2D eigenvalue weighted by atomic mass is 9.87. The zero-order chi connectivity index (χ0) is 35.2. The number of nitrogens with zero attached hydrogens (tertiary/aromatic N) is 3. The number of hydrogen-bond donors (Lipinski definition) is 3. The average Bonchev–Trinajstić information content (AvgIpc) is 3.79. The number of ether oxygens (including phenoxy) is 1. The van der Waals surface area contributed by atoms with Crippen molar-refractivity contribution >= 4 is 34.8 Å². The Labute approximate surface area is 299 Å². The van der Waals surface area contributed by atoms with E-state index in [2.05, 4.69) is 92.0 Å². The van der Waals surface area contributed by atoms with Crippen LogP contribution in [0.3, 0.4) is 0 Å². The maximum Gasteiger partial charge on any atom is 0.407 e. The molecular formula is C38H52N6O3S2. The van der Waals surface area contributed by atoms with Gasteiger partial charge in [-0.05, 0) is 42.2 Å². The monoisotopic (exact) mass is 704 g/mol. The number of benzene rings is 2. The number of aromatic nitrogens is 2. The van der Waals surface area contributed by atoms with E-state index in [1.165, 1.54) is 16.9 Å². The molecule has 9 nitrogen and oxygen atoms in total. The summed E-state index contributed by atoms with van der Waals surface area (Å²) in [5, 5.41) is 13.4. The molecule has 0 spiro atoms. The van der Waals surface area contributed by atoms with Crippen LogP contribution in [0.2, 0.25) is 0 Å². The summed E-state index contributed by atoms with van der Waals surface area (Å²) >= 11 is 3.11. The molecule has 11 heteroatoms. The van der Waals surface area contributed by atoms with Gasteiger partial charge < -0.3 is 25.6 Å². The molecule has 2 aromatic heterocycles. The summed E-state index contributed by atoms with van der Waals surface area (Å²) in [4.78, 5) is 37.7. The fourth-order valence-electron chi connectivity index (χ4n) is 5.65. The highest BCUT2D eigenvalue weighted by molar-refractivity contribution is 7.09. The fourth-order valence-corrected chi connectivity index (χ4v) is 6.98. The number of carbonyl (C=O) groups is 2. The summed E-state index contributed by atoms with van der Waals surface area (Å²) in [6.07, 6.45) is 3.60. The first kappa shape index (κ1) is 38.0. The van der Waals surface area contributed by atoms with Crippen LogP contribution in [-0.4, -0.2) is 58.7 Å². The predicted molar refractivity (Wildman–Crippen MR) is 200 cm³/mol. The molecule has 0 aliphatic carbocycles. The molecule has 4 unspecified atom stereocenters. The summed E-state index contributed by atoms with van der Waals surface area (Å²) < 4.78 is 5.57.